The van der Waals surface area contributed by atoms with Crippen molar-refractivity contribution in [3.05, 3.63) is 42.6 Å². The van der Waals surface area contributed by atoms with Crippen molar-refractivity contribution in [1.82, 2.24) is 5.16 Å². The van der Waals surface area contributed by atoms with Crippen LogP contribution in [0.4, 0.5) is 5.88 Å². The Morgan fingerprint density at radius 3 is 3.00 bits per heavy atom. The van der Waals surface area contributed by atoms with Crippen LogP contribution in [-0.4, -0.2) is 10.9 Å². The van der Waals surface area contributed by atoms with Crippen LogP contribution in [-0.2, 0) is 0 Å². The standard InChI is InChI=1S/C14H20N2OS/c1-5-6-7-8-12(4)13-9-15-17-14(13)16-18-10-11(2)3/h5-9,11,16H,1,10H2,2-4H3/b7-6-,12-8+. The van der Waals surface area contributed by atoms with Crippen LogP contribution in [0.25, 0.3) is 5.57 Å². The van der Waals surface area contributed by atoms with Crippen molar-refractivity contribution < 1.29 is 4.52 Å². The molecule has 0 unspecified atom stereocenters. The van der Waals surface area contributed by atoms with Crippen molar-refractivity contribution in [2.24, 2.45) is 5.92 Å². The minimum absolute atomic E-state index is 0.640. The van der Waals surface area contributed by atoms with Crippen LogP contribution in [0.5, 0.6) is 0 Å². The highest BCUT2D eigenvalue weighted by molar-refractivity contribution is 8.00. The summed E-state index contributed by atoms with van der Waals surface area (Å²) in [7, 11) is 0. The molecule has 0 atom stereocenters. The fraction of sp³-hybridized carbons (Fsp3) is 0.357. The third kappa shape index (κ3) is 4.84. The van der Waals surface area contributed by atoms with Gasteiger partial charge in [0.1, 0.15) is 0 Å². The Hall–Kier alpha value is -1.42. The van der Waals surface area contributed by atoms with E-state index < -0.39 is 0 Å². The Labute approximate surface area is 113 Å². The van der Waals surface area contributed by atoms with E-state index in [0.29, 0.717) is 11.8 Å². The molecule has 4 heteroatoms. The summed E-state index contributed by atoms with van der Waals surface area (Å²) in [6.07, 6.45) is 9.31. The van der Waals surface area contributed by atoms with Crippen LogP contribution in [0, 0.1) is 5.92 Å². The predicted octanol–water partition coefficient (Wildman–Crippen LogP) is 4.54. The van der Waals surface area contributed by atoms with Gasteiger partial charge in [-0.25, -0.2) is 0 Å². The molecule has 0 saturated carbocycles. The zero-order valence-corrected chi connectivity index (χ0v) is 12.0. The predicted molar refractivity (Wildman–Crippen MR) is 80.4 cm³/mol. The third-order valence-electron chi connectivity index (χ3n) is 2.17. The Balaban J connectivity index is 2.66. The Bertz CT molecular complexity index is 433. The molecule has 0 fully saturated rings. The van der Waals surface area contributed by atoms with E-state index in [2.05, 4.69) is 30.3 Å². The van der Waals surface area contributed by atoms with Crippen molar-refractivity contribution in [2.75, 3.05) is 10.5 Å². The Kier molecular flexibility index (Phi) is 6.36. The van der Waals surface area contributed by atoms with Gasteiger partial charge in [-0.05, 0) is 30.4 Å². The van der Waals surface area contributed by atoms with Crippen LogP contribution in [0.15, 0.2) is 41.6 Å². The Morgan fingerprint density at radius 2 is 2.33 bits per heavy atom. The molecule has 1 N–H and O–H groups in total. The molecule has 0 aliphatic rings. The second-order valence-electron chi connectivity index (χ2n) is 4.35. The lowest BCUT2D eigenvalue weighted by molar-refractivity contribution is 0.436. The lowest BCUT2D eigenvalue weighted by Gasteiger charge is -2.05. The number of allylic oxidation sites excluding steroid dienone is 5. The molecule has 0 saturated heterocycles. The maximum absolute atomic E-state index is 5.21. The maximum Gasteiger partial charge on any atom is 0.242 e. The van der Waals surface area contributed by atoms with Gasteiger partial charge in [0.15, 0.2) is 0 Å². The van der Waals surface area contributed by atoms with E-state index in [0.717, 1.165) is 16.9 Å². The number of hydrogen-bond donors (Lipinski definition) is 1. The third-order valence-corrected chi connectivity index (χ3v) is 3.33. The highest BCUT2D eigenvalue weighted by Crippen LogP contribution is 2.26. The summed E-state index contributed by atoms with van der Waals surface area (Å²) in [5.41, 5.74) is 2.09. The van der Waals surface area contributed by atoms with E-state index in [1.54, 1.807) is 24.2 Å². The van der Waals surface area contributed by atoms with Gasteiger partial charge in [0.05, 0.1) is 11.8 Å². The number of anilines is 1. The highest BCUT2D eigenvalue weighted by Gasteiger charge is 2.09. The number of hydrogen-bond acceptors (Lipinski definition) is 4. The summed E-state index contributed by atoms with van der Waals surface area (Å²) in [6.45, 7) is 10.0. The molecule has 0 aliphatic carbocycles. The average Bonchev–Trinajstić information content (AvgIpc) is 2.77. The number of rotatable bonds is 7. The second-order valence-corrected chi connectivity index (χ2v) is 5.17. The molecule has 0 aliphatic heterocycles. The zero-order valence-electron chi connectivity index (χ0n) is 11.1. The van der Waals surface area contributed by atoms with Gasteiger partial charge in [0, 0.05) is 5.75 Å². The summed E-state index contributed by atoms with van der Waals surface area (Å²) in [5.74, 6) is 2.38. The molecular weight excluding hydrogens is 244 g/mol. The van der Waals surface area contributed by atoms with Gasteiger partial charge in [-0.15, -0.1) is 0 Å². The van der Waals surface area contributed by atoms with Crippen LogP contribution < -0.4 is 4.72 Å². The first-order chi connectivity index (χ1) is 8.65. The first-order valence-electron chi connectivity index (χ1n) is 5.94. The minimum Gasteiger partial charge on any atom is -0.337 e. The van der Waals surface area contributed by atoms with Crippen molar-refractivity contribution >= 4 is 23.4 Å². The summed E-state index contributed by atoms with van der Waals surface area (Å²) < 4.78 is 8.41. The van der Waals surface area contributed by atoms with Gasteiger partial charge in [-0.3, -0.25) is 4.72 Å². The lowest BCUT2D eigenvalue weighted by atomic mass is 10.1. The molecule has 1 aromatic heterocycles. The van der Waals surface area contributed by atoms with Crippen molar-refractivity contribution in [3.8, 4) is 0 Å². The van der Waals surface area contributed by atoms with Crippen molar-refractivity contribution in [1.29, 1.82) is 0 Å². The summed E-state index contributed by atoms with van der Waals surface area (Å²) in [5, 5.41) is 3.83. The smallest absolute Gasteiger partial charge is 0.242 e. The van der Waals surface area contributed by atoms with E-state index in [1.807, 2.05) is 25.2 Å². The van der Waals surface area contributed by atoms with E-state index in [1.165, 1.54) is 0 Å². The first-order valence-corrected chi connectivity index (χ1v) is 6.92. The van der Waals surface area contributed by atoms with E-state index in [-0.39, 0.29) is 0 Å². The molecule has 18 heavy (non-hydrogen) atoms. The van der Waals surface area contributed by atoms with E-state index >= 15 is 0 Å². The SMILES string of the molecule is C=C/C=C\C=C(/C)c1cnoc1NSCC(C)C. The minimum atomic E-state index is 0.640. The summed E-state index contributed by atoms with van der Waals surface area (Å²) in [6, 6.07) is 0. The molecule has 0 spiro atoms. The molecule has 0 radical (unpaired) electrons. The molecule has 0 amide bonds. The quantitative estimate of drug-likeness (QED) is 0.579. The van der Waals surface area contributed by atoms with Gasteiger partial charge < -0.3 is 4.52 Å². The fourth-order valence-corrected chi connectivity index (χ4v) is 1.93. The zero-order chi connectivity index (χ0) is 13.4. The van der Waals surface area contributed by atoms with Crippen LogP contribution >= 0.6 is 11.9 Å². The summed E-state index contributed by atoms with van der Waals surface area (Å²) in [4.78, 5) is 0. The van der Waals surface area contributed by atoms with E-state index in [4.69, 9.17) is 4.52 Å². The van der Waals surface area contributed by atoms with E-state index in [9.17, 15) is 0 Å². The molecule has 1 rings (SSSR count). The molecule has 0 bridgehead atoms. The van der Waals surface area contributed by atoms with Crippen LogP contribution in [0.3, 0.4) is 0 Å². The monoisotopic (exact) mass is 264 g/mol. The molecule has 1 aromatic rings. The normalized spacial score (nSPS) is 12.3. The van der Waals surface area contributed by atoms with Gasteiger partial charge in [0.2, 0.25) is 5.88 Å². The molecule has 98 valence electrons. The van der Waals surface area contributed by atoms with Crippen molar-refractivity contribution in [3.63, 3.8) is 0 Å². The van der Waals surface area contributed by atoms with Gasteiger partial charge >= 0.3 is 0 Å². The number of nitrogens with zero attached hydrogens (tertiary/aromatic N) is 1. The van der Waals surface area contributed by atoms with Crippen LogP contribution in [0.2, 0.25) is 0 Å². The van der Waals surface area contributed by atoms with Crippen molar-refractivity contribution in [2.45, 2.75) is 20.8 Å². The summed E-state index contributed by atoms with van der Waals surface area (Å²) >= 11 is 1.63. The fourth-order valence-electron chi connectivity index (χ4n) is 1.24. The molecule has 1 heterocycles. The number of nitrogens with one attached hydrogen (secondary N) is 1. The molecular formula is C14H20N2OS. The highest BCUT2D eigenvalue weighted by atomic mass is 32.2. The lowest BCUT2D eigenvalue weighted by Crippen LogP contribution is -1.96. The second kappa shape index (κ2) is 7.82. The Morgan fingerprint density at radius 1 is 1.56 bits per heavy atom. The topological polar surface area (TPSA) is 38.1 Å². The molecule has 3 nitrogen and oxygen atoms in total. The van der Waals surface area contributed by atoms with Gasteiger partial charge in [-0.2, -0.15) is 0 Å². The first kappa shape index (κ1) is 14.6. The molecule has 0 aromatic carbocycles. The maximum atomic E-state index is 5.21. The average molecular weight is 264 g/mol. The largest absolute Gasteiger partial charge is 0.337 e. The van der Waals surface area contributed by atoms with Gasteiger partial charge in [0.25, 0.3) is 0 Å². The van der Waals surface area contributed by atoms with Gasteiger partial charge in [-0.1, -0.05) is 49.9 Å². The number of aromatic nitrogens is 1. The van der Waals surface area contributed by atoms with Crippen LogP contribution in [0.1, 0.15) is 26.3 Å².